The Kier molecular flexibility index (Phi) is 5.85. The molecule has 1 N–H and O–H groups in total. The van der Waals surface area contributed by atoms with Crippen LogP contribution in [0.3, 0.4) is 0 Å². The molecule has 1 aliphatic heterocycles. The summed E-state index contributed by atoms with van der Waals surface area (Å²) in [6.45, 7) is 6.93. The van der Waals surface area contributed by atoms with Crippen molar-refractivity contribution in [1.82, 2.24) is 19.7 Å². The molecule has 0 saturated carbocycles. The average Bonchev–Trinajstić information content (AvgIpc) is 2.65. The first-order chi connectivity index (χ1) is 12.6. The Labute approximate surface area is 154 Å². The maximum atomic E-state index is 11.8. The molecular formula is C19H28N6O. The van der Waals surface area contributed by atoms with Gasteiger partial charge < -0.3 is 10.2 Å². The van der Waals surface area contributed by atoms with Gasteiger partial charge in [-0.2, -0.15) is 5.10 Å². The lowest BCUT2D eigenvalue weighted by atomic mass is 9.96. The molecule has 1 fully saturated rings. The first-order valence-electron chi connectivity index (χ1n) is 9.41. The van der Waals surface area contributed by atoms with E-state index in [1.54, 1.807) is 19.3 Å². The van der Waals surface area contributed by atoms with Gasteiger partial charge >= 0.3 is 0 Å². The fourth-order valence-electron chi connectivity index (χ4n) is 3.37. The van der Waals surface area contributed by atoms with Crippen LogP contribution in [0.1, 0.15) is 37.6 Å². The third-order valence-electron chi connectivity index (χ3n) is 5.00. The van der Waals surface area contributed by atoms with Crippen molar-refractivity contribution in [3.8, 4) is 0 Å². The van der Waals surface area contributed by atoms with Crippen LogP contribution in [0.2, 0.25) is 0 Å². The normalized spacial score (nSPS) is 15.3. The molecule has 0 amide bonds. The Bertz CT molecular complexity index is 795. The number of piperidine rings is 1. The van der Waals surface area contributed by atoms with Crippen LogP contribution in [0.25, 0.3) is 0 Å². The molecule has 7 heteroatoms. The number of aromatic nitrogens is 4. The number of aryl methyl sites for hydroxylation is 3. The summed E-state index contributed by atoms with van der Waals surface area (Å²) in [6.07, 6.45) is 7.99. The zero-order valence-electron chi connectivity index (χ0n) is 15.9. The summed E-state index contributed by atoms with van der Waals surface area (Å²) in [5.41, 5.74) is 2.06. The van der Waals surface area contributed by atoms with Crippen LogP contribution in [0.4, 0.5) is 11.5 Å². The van der Waals surface area contributed by atoms with Gasteiger partial charge in [0.25, 0.3) is 5.56 Å². The third kappa shape index (κ3) is 4.39. The highest BCUT2D eigenvalue weighted by Gasteiger charge is 2.20. The Morgan fingerprint density at radius 2 is 2.04 bits per heavy atom. The van der Waals surface area contributed by atoms with Crippen molar-refractivity contribution in [2.24, 2.45) is 13.0 Å². The van der Waals surface area contributed by atoms with Crippen molar-refractivity contribution < 1.29 is 0 Å². The lowest BCUT2D eigenvalue weighted by Gasteiger charge is -2.33. The second-order valence-electron chi connectivity index (χ2n) is 7.03. The lowest BCUT2D eigenvalue weighted by molar-refractivity contribution is 0.422. The highest BCUT2D eigenvalue weighted by Crippen LogP contribution is 2.23. The van der Waals surface area contributed by atoms with Gasteiger partial charge in [0.1, 0.15) is 11.6 Å². The largest absolute Gasteiger partial charge is 0.370 e. The third-order valence-corrected chi connectivity index (χ3v) is 5.00. The molecule has 1 saturated heterocycles. The van der Waals surface area contributed by atoms with E-state index in [9.17, 15) is 4.79 Å². The number of hydrogen-bond donors (Lipinski definition) is 1. The predicted molar refractivity (Wildman–Crippen MR) is 104 cm³/mol. The zero-order valence-corrected chi connectivity index (χ0v) is 15.9. The van der Waals surface area contributed by atoms with Crippen LogP contribution in [-0.2, 0) is 13.5 Å². The second-order valence-corrected chi connectivity index (χ2v) is 7.03. The molecule has 1 aliphatic rings. The van der Waals surface area contributed by atoms with E-state index >= 15 is 0 Å². The van der Waals surface area contributed by atoms with Gasteiger partial charge in [0, 0.05) is 44.5 Å². The first kappa shape index (κ1) is 18.4. The van der Waals surface area contributed by atoms with Gasteiger partial charge in [-0.25, -0.2) is 14.6 Å². The van der Waals surface area contributed by atoms with Gasteiger partial charge in [0.05, 0.1) is 11.9 Å². The molecule has 0 radical (unpaired) electrons. The molecule has 0 atom stereocenters. The van der Waals surface area contributed by atoms with Gasteiger partial charge in [-0.15, -0.1) is 0 Å². The van der Waals surface area contributed by atoms with Crippen molar-refractivity contribution >= 4 is 11.5 Å². The predicted octanol–water partition coefficient (Wildman–Crippen LogP) is 2.16. The molecule has 7 nitrogen and oxygen atoms in total. The van der Waals surface area contributed by atoms with Gasteiger partial charge in [-0.1, -0.05) is 13.3 Å². The number of anilines is 2. The van der Waals surface area contributed by atoms with E-state index in [2.05, 4.69) is 32.2 Å². The lowest BCUT2D eigenvalue weighted by Crippen LogP contribution is -2.37. The maximum absolute atomic E-state index is 11.8. The molecule has 0 aliphatic carbocycles. The molecular weight excluding hydrogens is 328 g/mol. The summed E-state index contributed by atoms with van der Waals surface area (Å²) in [6, 6.07) is 1.67. The van der Waals surface area contributed by atoms with E-state index in [-0.39, 0.29) is 5.56 Å². The summed E-state index contributed by atoms with van der Waals surface area (Å²) in [4.78, 5) is 22.9. The van der Waals surface area contributed by atoms with E-state index < -0.39 is 0 Å². The molecule has 140 valence electrons. The number of hydrogen-bond acceptors (Lipinski definition) is 6. The molecule has 0 aromatic carbocycles. The van der Waals surface area contributed by atoms with E-state index in [4.69, 9.17) is 0 Å². The van der Waals surface area contributed by atoms with Crippen LogP contribution in [0.15, 0.2) is 23.3 Å². The minimum Gasteiger partial charge on any atom is -0.370 e. The Hall–Kier alpha value is -2.44. The van der Waals surface area contributed by atoms with Crippen molar-refractivity contribution in [2.75, 3.05) is 29.9 Å². The summed E-state index contributed by atoms with van der Waals surface area (Å²) in [5.74, 6) is 2.40. The average molecular weight is 356 g/mol. The molecule has 2 aromatic rings. The minimum atomic E-state index is -0.0612. The minimum absolute atomic E-state index is 0.0612. The van der Waals surface area contributed by atoms with Crippen LogP contribution in [-0.4, -0.2) is 39.4 Å². The van der Waals surface area contributed by atoms with E-state index in [1.807, 2.05) is 13.1 Å². The summed E-state index contributed by atoms with van der Waals surface area (Å²) in [7, 11) is 1.67. The SMILES string of the molecule is CCCc1cnc(C)nc1NCC1CCN(c2cnn(C)c(=O)c2)CC1. The zero-order chi connectivity index (χ0) is 18.5. The number of rotatable bonds is 6. The van der Waals surface area contributed by atoms with Crippen molar-refractivity contribution in [3.05, 3.63) is 40.2 Å². The standard InChI is InChI=1S/C19H28N6O/c1-4-5-16-12-20-14(2)23-19(16)21-11-15-6-8-25(9-7-15)17-10-18(26)24(3)22-13-17/h10,12-13,15H,4-9,11H2,1-3H3,(H,20,21,23). The summed E-state index contributed by atoms with van der Waals surface area (Å²) in [5, 5.41) is 7.66. The van der Waals surface area contributed by atoms with Gasteiger partial charge in [0.15, 0.2) is 0 Å². The monoisotopic (exact) mass is 356 g/mol. The molecule has 2 aromatic heterocycles. The Morgan fingerprint density at radius 1 is 1.27 bits per heavy atom. The second kappa shape index (κ2) is 8.29. The summed E-state index contributed by atoms with van der Waals surface area (Å²) < 4.78 is 1.36. The van der Waals surface area contributed by atoms with E-state index in [0.717, 1.165) is 62.6 Å². The number of nitrogens with zero attached hydrogens (tertiary/aromatic N) is 5. The highest BCUT2D eigenvalue weighted by atomic mass is 16.1. The molecule has 0 bridgehead atoms. The van der Waals surface area contributed by atoms with Crippen molar-refractivity contribution in [2.45, 2.75) is 39.5 Å². The Balaban J connectivity index is 1.55. The molecule has 0 unspecified atom stereocenters. The van der Waals surface area contributed by atoms with Crippen LogP contribution in [0, 0.1) is 12.8 Å². The van der Waals surface area contributed by atoms with Crippen LogP contribution in [0.5, 0.6) is 0 Å². The van der Waals surface area contributed by atoms with Gasteiger partial charge in [0.2, 0.25) is 0 Å². The van der Waals surface area contributed by atoms with Gasteiger partial charge in [-0.3, -0.25) is 4.79 Å². The fourth-order valence-corrected chi connectivity index (χ4v) is 3.37. The molecule has 3 rings (SSSR count). The first-order valence-corrected chi connectivity index (χ1v) is 9.41. The number of nitrogens with one attached hydrogen (secondary N) is 1. The highest BCUT2D eigenvalue weighted by molar-refractivity contribution is 5.44. The van der Waals surface area contributed by atoms with E-state index in [1.165, 1.54) is 10.2 Å². The fraction of sp³-hybridized carbons (Fsp3) is 0.579. The topological polar surface area (TPSA) is 75.9 Å². The smallest absolute Gasteiger partial charge is 0.268 e. The van der Waals surface area contributed by atoms with Crippen LogP contribution >= 0.6 is 0 Å². The van der Waals surface area contributed by atoms with Crippen LogP contribution < -0.4 is 15.8 Å². The van der Waals surface area contributed by atoms with Crippen molar-refractivity contribution in [3.63, 3.8) is 0 Å². The quantitative estimate of drug-likeness (QED) is 0.855. The summed E-state index contributed by atoms with van der Waals surface area (Å²) >= 11 is 0. The Morgan fingerprint density at radius 3 is 2.73 bits per heavy atom. The van der Waals surface area contributed by atoms with E-state index in [0.29, 0.717) is 5.92 Å². The molecule has 0 spiro atoms. The van der Waals surface area contributed by atoms with Gasteiger partial charge in [-0.05, 0) is 32.1 Å². The van der Waals surface area contributed by atoms with Crippen molar-refractivity contribution in [1.29, 1.82) is 0 Å². The maximum Gasteiger partial charge on any atom is 0.268 e. The molecule has 3 heterocycles. The molecule has 26 heavy (non-hydrogen) atoms.